The van der Waals surface area contributed by atoms with Gasteiger partial charge in [-0.1, -0.05) is 41.9 Å². The lowest BCUT2D eigenvalue weighted by atomic mass is 9.97. The Hall–Kier alpha value is -4.29. The topological polar surface area (TPSA) is 63.2 Å². The maximum Gasteiger partial charge on any atom is 0.255 e. The fraction of sp³-hybridized carbons (Fsp3) is 0.103. The second kappa shape index (κ2) is 9.40. The second-order valence-electron chi connectivity index (χ2n) is 8.60. The zero-order valence-corrected chi connectivity index (χ0v) is 20.0. The normalized spacial score (nSPS) is 16.1. The molecule has 1 atom stereocenters. The highest BCUT2D eigenvalue weighted by Crippen LogP contribution is 2.39. The van der Waals surface area contributed by atoms with Gasteiger partial charge in [-0.2, -0.15) is 5.10 Å². The summed E-state index contributed by atoms with van der Waals surface area (Å²) in [6.45, 7) is 0.235. The van der Waals surface area contributed by atoms with Gasteiger partial charge in [-0.15, -0.1) is 0 Å². The van der Waals surface area contributed by atoms with Crippen LogP contribution in [-0.2, 0) is 0 Å². The third-order valence-corrected chi connectivity index (χ3v) is 6.52. The molecule has 6 nitrogen and oxygen atoms in total. The average molecular weight is 496 g/mol. The molecule has 0 bridgehead atoms. The summed E-state index contributed by atoms with van der Waals surface area (Å²) in [6, 6.07) is 30.7. The van der Waals surface area contributed by atoms with Gasteiger partial charge in [0.2, 0.25) is 6.79 Å². The van der Waals surface area contributed by atoms with Gasteiger partial charge in [0.15, 0.2) is 11.5 Å². The van der Waals surface area contributed by atoms with E-state index in [2.05, 4.69) is 11.4 Å². The highest BCUT2D eigenvalue weighted by Gasteiger charge is 2.31. The van der Waals surface area contributed by atoms with Gasteiger partial charge in [0, 0.05) is 28.3 Å². The smallest absolute Gasteiger partial charge is 0.255 e. The molecule has 1 amide bonds. The second-order valence-corrected chi connectivity index (χ2v) is 9.04. The fourth-order valence-corrected chi connectivity index (χ4v) is 4.59. The van der Waals surface area contributed by atoms with E-state index in [1.165, 1.54) is 0 Å². The van der Waals surface area contributed by atoms with Crippen molar-refractivity contribution in [2.24, 2.45) is 5.10 Å². The first-order valence-corrected chi connectivity index (χ1v) is 12.0. The zero-order chi connectivity index (χ0) is 24.5. The molecule has 6 rings (SSSR count). The maximum atomic E-state index is 12.8. The number of hydrazone groups is 1. The summed E-state index contributed by atoms with van der Waals surface area (Å²) in [6.07, 6.45) is 0.698. The maximum absolute atomic E-state index is 12.8. The number of ether oxygens (including phenoxy) is 2. The Morgan fingerprint density at radius 2 is 1.69 bits per heavy atom. The number of nitrogens with one attached hydrogen (secondary N) is 1. The largest absolute Gasteiger partial charge is 0.454 e. The highest BCUT2D eigenvalue weighted by atomic mass is 35.5. The third-order valence-electron chi connectivity index (χ3n) is 6.27. The van der Waals surface area contributed by atoms with Gasteiger partial charge in [0.05, 0.1) is 17.4 Å². The minimum Gasteiger partial charge on any atom is -0.454 e. The SMILES string of the molecule is O=C(Nc1cccc(C2CC(c3ccc4c(c3)OCO4)=NN2c2ccccc2)c1)c1ccc(Cl)cc1. The molecule has 0 aliphatic carbocycles. The lowest BCUT2D eigenvalue weighted by Gasteiger charge is -2.24. The molecule has 7 heteroatoms. The number of hydrogen-bond acceptors (Lipinski definition) is 5. The minimum atomic E-state index is -0.188. The van der Waals surface area contributed by atoms with Crippen LogP contribution in [0.1, 0.15) is 33.9 Å². The van der Waals surface area contributed by atoms with E-state index >= 15 is 0 Å². The molecular formula is C29H22ClN3O3. The van der Waals surface area contributed by atoms with Crippen LogP contribution < -0.4 is 19.8 Å². The number of fused-ring (bicyclic) bond motifs is 1. The quantitative estimate of drug-likeness (QED) is 0.335. The van der Waals surface area contributed by atoms with E-state index in [4.69, 9.17) is 26.2 Å². The molecule has 1 unspecified atom stereocenters. The van der Waals surface area contributed by atoms with E-state index in [9.17, 15) is 4.79 Å². The molecule has 4 aromatic carbocycles. The molecule has 1 N–H and O–H groups in total. The van der Waals surface area contributed by atoms with Crippen LogP contribution in [0.15, 0.2) is 102 Å². The molecule has 0 spiro atoms. The van der Waals surface area contributed by atoms with E-state index in [1.807, 2.05) is 71.7 Å². The third kappa shape index (κ3) is 4.39. The van der Waals surface area contributed by atoms with Crippen LogP contribution in [0.3, 0.4) is 0 Å². The number of nitrogens with zero attached hydrogens (tertiary/aromatic N) is 2. The Labute approximate surface area is 213 Å². The summed E-state index contributed by atoms with van der Waals surface area (Å²) < 4.78 is 11.0. The van der Waals surface area contributed by atoms with Crippen molar-refractivity contribution in [3.8, 4) is 11.5 Å². The number of para-hydroxylation sites is 1. The minimum absolute atomic E-state index is 0.0415. The summed E-state index contributed by atoms with van der Waals surface area (Å²) in [5.41, 5.74) is 5.26. The Kier molecular flexibility index (Phi) is 5.79. The fourth-order valence-electron chi connectivity index (χ4n) is 4.47. The molecule has 0 saturated carbocycles. The Morgan fingerprint density at radius 1 is 0.889 bits per heavy atom. The molecule has 2 aliphatic rings. The number of amides is 1. The van der Waals surface area contributed by atoms with Gasteiger partial charge < -0.3 is 14.8 Å². The summed E-state index contributed by atoms with van der Waals surface area (Å²) in [4.78, 5) is 12.8. The first kappa shape index (κ1) is 22.2. The summed E-state index contributed by atoms with van der Waals surface area (Å²) >= 11 is 5.96. The molecule has 0 saturated heterocycles. The first-order chi connectivity index (χ1) is 17.6. The van der Waals surface area contributed by atoms with Crippen molar-refractivity contribution in [2.75, 3.05) is 17.1 Å². The average Bonchev–Trinajstić information content (AvgIpc) is 3.57. The summed E-state index contributed by atoms with van der Waals surface area (Å²) in [7, 11) is 0. The van der Waals surface area contributed by atoms with Crippen LogP contribution in [0.5, 0.6) is 11.5 Å². The molecule has 0 radical (unpaired) electrons. The van der Waals surface area contributed by atoms with Crippen molar-refractivity contribution in [1.82, 2.24) is 0 Å². The highest BCUT2D eigenvalue weighted by molar-refractivity contribution is 6.30. The van der Waals surface area contributed by atoms with Crippen molar-refractivity contribution in [3.05, 3.63) is 119 Å². The molecule has 36 heavy (non-hydrogen) atoms. The number of hydrogen-bond donors (Lipinski definition) is 1. The van der Waals surface area contributed by atoms with Crippen LogP contribution in [0.25, 0.3) is 0 Å². The number of halogens is 1. The number of anilines is 2. The van der Waals surface area contributed by atoms with E-state index in [-0.39, 0.29) is 18.7 Å². The predicted molar refractivity (Wildman–Crippen MR) is 141 cm³/mol. The van der Waals surface area contributed by atoms with Gasteiger partial charge in [-0.05, 0) is 72.3 Å². The van der Waals surface area contributed by atoms with Crippen molar-refractivity contribution in [1.29, 1.82) is 0 Å². The van der Waals surface area contributed by atoms with Crippen molar-refractivity contribution in [3.63, 3.8) is 0 Å². The van der Waals surface area contributed by atoms with Gasteiger partial charge in [-0.3, -0.25) is 9.80 Å². The molecule has 2 aliphatic heterocycles. The van der Waals surface area contributed by atoms with Crippen LogP contribution >= 0.6 is 11.6 Å². The molecule has 4 aromatic rings. The molecular weight excluding hydrogens is 474 g/mol. The number of benzene rings is 4. The molecule has 178 valence electrons. The zero-order valence-electron chi connectivity index (χ0n) is 19.2. The van der Waals surface area contributed by atoms with Gasteiger partial charge in [0.25, 0.3) is 5.91 Å². The predicted octanol–water partition coefficient (Wildman–Crippen LogP) is 6.68. The number of carbonyl (C=O) groups excluding carboxylic acids is 1. The number of carbonyl (C=O) groups is 1. The van der Waals surface area contributed by atoms with Gasteiger partial charge in [-0.25, -0.2) is 0 Å². The Bertz CT molecular complexity index is 1450. The Balaban J connectivity index is 1.30. The standard InChI is InChI=1S/C29H22ClN3O3/c30-22-12-9-19(10-13-22)29(34)31-23-6-4-5-21(15-23)26-17-25(32-33(26)24-7-2-1-3-8-24)20-11-14-27-28(16-20)36-18-35-27/h1-16,26H,17-18H2,(H,31,34). The van der Waals surface area contributed by atoms with Crippen molar-refractivity contribution in [2.45, 2.75) is 12.5 Å². The Morgan fingerprint density at radius 3 is 2.53 bits per heavy atom. The lowest BCUT2D eigenvalue weighted by Crippen LogP contribution is -2.19. The van der Waals surface area contributed by atoms with Crippen molar-refractivity contribution >= 4 is 34.6 Å². The van der Waals surface area contributed by atoms with Crippen LogP contribution in [0.4, 0.5) is 11.4 Å². The molecule has 0 aromatic heterocycles. The van der Waals surface area contributed by atoms with E-state index < -0.39 is 0 Å². The summed E-state index contributed by atoms with van der Waals surface area (Å²) in [5, 5.41) is 10.6. The first-order valence-electron chi connectivity index (χ1n) is 11.6. The monoisotopic (exact) mass is 495 g/mol. The van der Waals surface area contributed by atoms with Gasteiger partial charge >= 0.3 is 0 Å². The van der Waals surface area contributed by atoms with E-state index in [1.54, 1.807) is 24.3 Å². The molecule has 0 fully saturated rings. The van der Waals surface area contributed by atoms with E-state index in [0.717, 1.165) is 39.7 Å². The lowest BCUT2D eigenvalue weighted by molar-refractivity contribution is 0.102. The summed E-state index contributed by atoms with van der Waals surface area (Å²) in [5.74, 6) is 1.29. The number of rotatable bonds is 5. The van der Waals surface area contributed by atoms with Crippen LogP contribution in [0, 0.1) is 0 Å². The van der Waals surface area contributed by atoms with Crippen LogP contribution in [0.2, 0.25) is 5.02 Å². The van der Waals surface area contributed by atoms with Crippen LogP contribution in [-0.4, -0.2) is 18.4 Å². The van der Waals surface area contributed by atoms with Gasteiger partial charge in [0.1, 0.15) is 0 Å². The molecule has 2 heterocycles. The van der Waals surface area contributed by atoms with E-state index in [0.29, 0.717) is 17.0 Å². The van der Waals surface area contributed by atoms with Crippen molar-refractivity contribution < 1.29 is 14.3 Å².